The highest BCUT2D eigenvalue weighted by Gasteiger charge is 2.32. The second-order valence-electron chi connectivity index (χ2n) is 6.78. The van der Waals surface area contributed by atoms with E-state index in [0.29, 0.717) is 47.0 Å². The van der Waals surface area contributed by atoms with Gasteiger partial charge < -0.3 is 14.1 Å². The number of rotatable bonds is 3. The van der Waals surface area contributed by atoms with Gasteiger partial charge in [0.2, 0.25) is 0 Å². The van der Waals surface area contributed by atoms with E-state index in [-0.39, 0.29) is 6.54 Å². The van der Waals surface area contributed by atoms with Gasteiger partial charge in [0, 0.05) is 31.5 Å². The van der Waals surface area contributed by atoms with Crippen molar-refractivity contribution in [2.45, 2.75) is 39.5 Å². The maximum atomic E-state index is 14.8. The second-order valence-corrected chi connectivity index (χ2v) is 7.14. The Morgan fingerprint density at radius 3 is 2.81 bits per heavy atom. The van der Waals surface area contributed by atoms with E-state index >= 15 is 0 Å². The minimum Gasteiger partial charge on any atom is -0.487 e. The fourth-order valence-corrected chi connectivity index (χ4v) is 3.57. The smallest absolute Gasteiger partial charge is 0.192 e. The Balaban J connectivity index is 1.48. The summed E-state index contributed by atoms with van der Waals surface area (Å²) in [5.74, 6) is 2.43. The van der Waals surface area contributed by atoms with E-state index in [2.05, 4.69) is 15.0 Å². The molecule has 1 aliphatic heterocycles. The average Bonchev–Trinajstić information content (AvgIpc) is 2.99. The fraction of sp³-hybridized carbons (Fsp3) is 0.421. The van der Waals surface area contributed by atoms with Gasteiger partial charge in [-0.15, -0.1) is 0 Å². The van der Waals surface area contributed by atoms with Gasteiger partial charge in [-0.3, -0.25) is 0 Å². The predicted molar refractivity (Wildman–Crippen MR) is 101 cm³/mol. The number of benzene rings is 1. The van der Waals surface area contributed by atoms with Crippen molar-refractivity contribution < 1.29 is 13.5 Å². The molecule has 27 heavy (non-hydrogen) atoms. The molecule has 2 aromatic heterocycles. The van der Waals surface area contributed by atoms with Crippen LogP contribution in [0.25, 0.3) is 11.1 Å². The van der Waals surface area contributed by atoms with Crippen molar-refractivity contribution in [2.75, 3.05) is 18.0 Å². The SMILES string of the molecule is Cc1nc(Cl)c(C)c(N2CC[C@@H](Oc3ccc4nc(C)oc4c3)[C@@H](F)C2)n1. The van der Waals surface area contributed by atoms with E-state index < -0.39 is 12.3 Å². The Labute approximate surface area is 161 Å². The summed E-state index contributed by atoms with van der Waals surface area (Å²) >= 11 is 6.15. The molecule has 0 aliphatic carbocycles. The molecule has 142 valence electrons. The fourth-order valence-electron chi connectivity index (χ4n) is 3.36. The van der Waals surface area contributed by atoms with Gasteiger partial charge >= 0.3 is 0 Å². The highest BCUT2D eigenvalue weighted by atomic mass is 35.5. The van der Waals surface area contributed by atoms with Crippen molar-refractivity contribution in [3.63, 3.8) is 0 Å². The number of hydrogen-bond donors (Lipinski definition) is 0. The number of alkyl halides is 1. The van der Waals surface area contributed by atoms with Crippen LogP contribution < -0.4 is 9.64 Å². The quantitative estimate of drug-likeness (QED) is 0.625. The normalized spacial score (nSPS) is 20.3. The maximum absolute atomic E-state index is 14.8. The van der Waals surface area contributed by atoms with E-state index in [9.17, 15) is 4.39 Å². The van der Waals surface area contributed by atoms with Crippen molar-refractivity contribution in [1.29, 1.82) is 0 Å². The zero-order chi connectivity index (χ0) is 19.1. The van der Waals surface area contributed by atoms with Crippen LogP contribution in [0.5, 0.6) is 5.75 Å². The molecule has 1 saturated heterocycles. The Morgan fingerprint density at radius 2 is 2.04 bits per heavy atom. The van der Waals surface area contributed by atoms with Crippen LogP contribution >= 0.6 is 11.6 Å². The second kappa shape index (κ2) is 6.96. The molecule has 0 bridgehead atoms. The Morgan fingerprint density at radius 1 is 1.22 bits per heavy atom. The van der Waals surface area contributed by atoms with Crippen LogP contribution in [0.2, 0.25) is 5.15 Å². The molecule has 0 unspecified atom stereocenters. The molecule has 2 atom stereocenters. The van der Waals surface area contributed by atoms with E-state index in [0.717, 1.165) is 11.1 Å². The largest absolute Gasteiger partial charge is 0.487 e. The van der Waals surface area contributed by atoms with Crippen LogP contribution in [0.1, 0.15) is 23.7 Å². The molecule has 1 aromatic carbocycles. The molecule has 0 radical (unpaired) electrons. The first-order chi connectivity index (χ1) is 12.9. The molecule has 4 rings (SSSR count). The van der Waals surface area contributed by atoms with Crippen LogP contribution in [0.4, 0.5) is 10.2 Å². The summed E-state index contributed by atoms with van der Waals surface area (Å²) in [6.45, 7) is 6.24. The van der Waals surface area contributed by atoms with E-state index in [1.54, 1.807) is 26.0 Å². The monoisotopic (exact) mass is 390 g/mol. The van der Waals surface area contributed by atoms with Crippen LogP contribution in [0.15, 0.2) is 22.6 Å². The third-order valence-corrected chi connectivity index (χ3v) is 5.08. The van der Waals surface area contributed by atoms with Crippen LogP contribution in [-0.2, 0) is 0 Å². The molecular formula is C19H20ClFN4O2. The average molecular weight is 391 g/mol. The molecule has 1 aliphatic rings. The number of piperidine rings is 1. The van der Waals surface area contributed by atoms with Gasteiger partial charge in [-0.25, -0.2) is 19.3 Å². The maximum Gasteiger partial charge on any atom is 0.192 e. The van der Waals surface area contributed by atoms with Gasteiger partial charge in [0.25, 0.3) is 0 Å². The van der Waals surface area contributed by atoms with Crippen molar-refractivity contribution in [1.82, 2.24) is 15.0 Å². The third kappa shape index (κ3) is 3.56. The number of oxazole rings is 1. The van der Waals surface area contributed by atoms with Gasteiger partial charge in [-0.1, -0.05) is 11.6 Å². The number of hydrogen-bond acceptors (Lipinski definition) is 6. The van der Waals surface area contributed by atoms with E-state index in [1.165, 1.54) is 0 Å². The lowest BCUT2D eigenvalue weighted by Gasteiger charge is -2.36. The van der Waals surface area contributed by atoms with Gasteiger partial charge in [0.15, 0.2) is 17.6 Å². The molecule has 0 N–H and O–H groups in total. The summed E-state index contributed by atoms with van der Waals surface area (Å²) in [6.07, 6.45) is -1.14. The molecule has 6 nitrogen and oxygen atoms in total. The van der Waals surface area contributed by atoms with Gasteiger partial charge in [-0.05, 0) is 26.0 Å². The minimum atomic E-state index is -1.15. The summed E-state index contributed by atoms with van der Waals surface area (Å²) in [4.78, 5) is 14.7. The van der Waals surface area contributed by atoms with Crippen LogP contribution in [0, 0.1) is 20.8 Å². The molecule has 1 fully saturated rings. The Hall–Kier alpha value is -2.41. The summed E-state index contributed by atoms with van der Waals surface area (Å²) in [5, 5.41) is 0.405. The highest BCUT2D eigenvalue weighted by Crippen LogP contribution is 2.29. The number of aryl methyl sites for hydroxylation is 2. The van der Waals surface area contributed by atoms with Crippen molar-refractivity contribution in [3.05, 3.63) is 40.6 Å². The summed E-state index contributed by atoms with van der Waals surface area (Å²) in [7, 11) is 0. The molecule has 0 spiro atoms. The van der Waals surface area contributed by atoms with E-state index in [4.69, 9.17) is 20.8 Å². The lowest BCUT2D eigenvalue weighted by Crippen LogP contribution is -2.47. The summed E-state index contributed by atoms with van der Waals surface area (Å²) in [6, 6.07) is 5.37. The lowest BCUT2D eigenvalue weighted by atomic mass is 10.1. The number of anilines is 1. The lowest BCUT2D eigenvalue weighted by molar-refractivity contribution is 0.0819. The first kappa shape index (κ1) is 18.0. The molecule has 8 heteroatoms. The number of ether oxygens (including phenoxy) is 1. The van der Waals surface area contributed by atoms with Gasteiger partial charge in [0.1, 0.15) is 34.2 Å². The predicted octanol–water partition coefficient (Wildman–Crippen LogP) is 4.19. The zero-order valence-electron chi connectivity index (χ0n) is 15.4. The van der Waals surface area contributed by atoms with E-state index in [1.807, 2.05) is 17.9 Å². The molecule has 0 amide bonds. The number of aromatic nitrogens is 3. The van der Waals surface area contributed by atoms with Crippen LogP contribution in [0.3, 0.4) is 0 Å². The summed E-state index contributed by atoms with van der Waals surface area (Å²) in [5.41, 5.74) is 2.16. The third-order valence-electron chi connectivity index (χ3n) is 4.71. The van der Waals surface area contributed by atoms with Crippen molar-refractivity contribution in [2.24, 2.45) is 0 Å². The zero-order valence-corrected chi connectivity index (χ0v) is 16.1. The molecule has 3 heterocycles. The first-order valence-corrected chi connectivity index (χ1v) is 9.22. The first-order valence-electron chi connectivity index (χ1n) is 8.84. The Kier molecular flexibility index (Phi) is 4.63. The Bertz CT molecular complexity index is 993. The van der Waals surface area contributed by atoms with Gasteiger partial charge in [-0.2, -0.15) is 0 Å². The number of nitrogens with zero attached hydrogens (tertiary/aromatic N) is 4. The highest BCUT2D eigenvalue weighted by molar-refractivity contribution is 6.30. The molecular weight excluding hydrogens is 371 g/mol. The van der Waals surface area contributed by atoms with Crippen molar-refractivity contribution in [3.8, 4) is 5.75 Å². The molecule has 3 aromatic rings. The summed E-state index contributed by atoms with van der Waals surface area (Å²) < 4.78 is 26.3. The molecule has 0 saturated carbocycles. The van der Waals surface area contributed by atoms with Gasteiger partial charge in [0.05, 0.1) is 6.54 Å². The van der Waals surface area contributed by atoms with Crippen LogP contribution in [-0.4, -0.2) is 40.3 Å². The van der Waals surface area contributed by atoms with Crippen molar-refractivity contribution >= 4 is 28.5 Å². The topological polar surface area (TPSA) is 64.3 Å². The number of halogens is 2. The number of fused-ring (bicyclic) bond motifs is 1. The standard InChI is InChI=1S/C19H20ClFN4O2/c1-10-18(20)22-11(2)23-19(10)25-7-6-16(14(21)9-25)27-13-4-5-15-17(8-13)26-12(3)24-15/h4-5,8,14,16H,6-7,9H2,1-3H3/t14-,16+/m0/s1. The minimum absolute atomic E-state index is 0.196.